The van der Waals surface area contributed by atoms with Gasteiger partial charge in [0.2, 0.25) is 0 Å². The minimum atomic E-state index is -1.16. The largest absolute Gasteiger partial charge is 0.494 e. The molecule has 34 heavy (non-hydrogen) atoms. The van der Waals surface area contributed by atoms with Crippen LogP contribution < -0.4 is 9.47 Å². The Labute approximate surface area is 199 Å². The third kappa shape index (κ3) is 7.28. The molecule has 0 radical (unpaired) electrons. The van der Waals surface area contributed by atoms with Crippen LogP contribution in [0.4, 0.5) is 4.39 Å². The zero-order chi connectivity index (χ0) is 23.8. The van der Waals surface area contributed by atoms with Gasteiger partial charge in [-0.1, -0.05) is 12.1 Å². The van der Waals surface area contributed by atoms with Crippen LogP contribution >= 0.6 is 0 Å². The van der Waals surface area contributed by atoms with Crippen molar-refractivity contribution in [3.8, 4) is 11.5 Å². The molecule has 0 aliphatic carbocycles. The number of rotatable bonds is 10. The lowest BCUT2D eigenvalue weighted by Crippen LogP contribution is -2.48. The van der Waals surface area contributed by atoms with Gasteiger partial charge in [0, 0.05) is 38.8 Å². The van der Waals surface area contributed by atoms with Gasteiger partial charge in [-0.05, 0) is 54.4 Å². The zero-order valence-corrected chi connectivity index (χ0v) is 19.5. The minimum Gasteiger partial charge on any atom is -0.494 e. The van der Waals surface area contributed by atoms with Crippen molar-refractivity contribution in [2.75, 3.05) is 39.5 Å². The number of hydrogen-bond donors (Lipinski definition) is 1. The van der Waals surface area contributed by atoms with Gasteiger partial charge < -0.3 is 19.3 Å². The van der Waals surface area contributed by atoms with E-state index in [1.807, 2.05) is 42.2 Å². The fraction of sp³-hybridized carbons (Fsp3) is 0.423. The van der Waals surface area contributed by atoms with E-state index in [2.05, 4.69) is 16.1 Å². The summed E-state index contributed by atoms with van der Waals surface area (Å²) in [5.74, 6) is 1.02. The first-order valence-electron chi connectivity index (χ1n) is 11.6. The SMILES string of the molecule is Cc1cnn(CCCOc2cccc(CN3CCOC[C@](O)(COc4ccc(F)cc4)C3)c2)c1. The van der Waals surface area contributed by atoms with E-state index in [0.29, 0.717) is 38.6 Å². The minimum absolute atomic E-state index is 0.0636. The lowest BCUT2D eigenvalue weighted by atomic mass is 10.1. The second-order valence-electron chi connectivity index (χ2n) is 8.86. The first kappa shape index (κ1) is 24.2. The average Bonchev–Trinajstić information content (AvgIpc) is 3.15. The van der Waals surface area contributed by atoms with Crippen molar-refractivity contribution in [2.45, 2.75) is 32.0 Å². The van der Waals surface area contributed by atoms with Crippen LogP contribution in [0, 0.1) is 12.7 Å². The lowest BCUT2D eigenvalue weighted by Gasteiger charge is -2.30. The van der Waals surface area contributed by atoms with Gasteiger partial charge in [-0.15, -0.1) is 0 Å². The fourth-order valence-corrected chi connectivity index (χ4v) is 3.97. The Morgan fingerprint density at radius 1 is 1.15 bits per heavy atom. The summed E-state index contributed by atoms with van der Waals surface area (Å²) in [5, 5.41) is 15.4. The van der Waals surface area contributed by atoms with Gasteiger partial charge in [0.05, 0.1) is 26.0 Å². The Kier molecular flexibility index (Phi) is 8.16. The number of halogens is 1. The molecule has 0 unspecified atom stereocenters. The van der Waals surface area contributed by atoms with E-state index in [9.17, 15) is 9.50 Å². The first-order chi connectivity index (χ1) is 16.5. The molecule has 2 heterocycles. The van der Waals surface area contributed by atoms with Gasteiger partial charge >= 0.3 is 0 Å². The standard InChI is InChI=1S/C26H32FN3O4/c1-21-15-28-30(16-21)10-3-12-33-25-5-2-4-22(14-25)17-29-11-13-32-19-26(31,18-29)20-34-24-8-6-23(27)7-9-24/h2,4-9,14-16,31H,3,10-13,17-20H2,1H3/t26-/m0/s1. The predicted octanol–water partition coefficient (Wildman–Crippen LogP) is 3.44. The Balaban J connectivity index is 1.28. The smallest absolute Gasteiger partial charge is 0.134 e. The van der Waals surface area contributed by atoms with E-state index in [1.165, 1.54) is 12.1 Å². The maximum Gasteiger partial charge on any atom is 0.134 e. The Hall–Kier alpha value is -2.94. The summed E-state index contributed by atoms with van der Waals surface area (Å²) in [5.41, 5.74) is 1.09. The molecule has 7 nitrogen and oxygen atoms in total. The molecular formula is C26H32FN3O4. The van der Waals surface area contributed by atoms with Crippen molar-refractivity contribution in [3.05, 3.63) is 77.9 Å². The van der Waals surface area contributed by atoms with Gasteiger partial charge in [0.1, 0.15) is 29.5 Å². The summed E-state index contributed by atoms with van der Waals surface area (Å²) in [6.07, 6.45) is 4.75. The van der Waals surface area contributed by atoms with Gasteiger partial charge in [0.25, 0.3) is 0 Å². The number of hydrogen-bond acceptors (Lipinski definition) is 6. The van der Waals surface area contributed by atoms with E-state index >= 15 is 0 Å². The molecule has 0 saturated carbocycles. The number of aromatic nitrogens is 2. The molecule has 1 saturated heterocycles. The van der Waals surface area contributed by atoms with Crippen LogP contribution in [0.3, 0.4) is 0 Å². The zero-order valence-electron chi connectivity index (χ0n) is 19.5. The summed E-state index contributed by atoms with van der Waals surface area (Å²) in [6, 6.07) is 13.8. The molecule has 8 heteroatoms. The van der Waals surface area contributed by atoms with E-state index in [4.69, 9.17) is 14.2 Å². The molecule has 1 aliphatic heterocycles. The molecule has 0 bridgehead atoms. The van der Waals surface area contributed by atoms with E-state index in [1.54, 1.807) is 12.1 Å². The lowest BCUT2D eigenvalue weighted by molar-refractivity contribution is -0.0646. The van der Waals surface area contributed by atoms with Gasteiger partial charge in [0.15, 0.2) is 0 Å². The average molecular weight is 470 g/mol. The van der Waals surface area contributed by atoms with Crippen LogP contribution in [-0.4, -0.2) is 64.9 Å². The number of ether oxygens (including phenoxy) is 3. The highest BCUT2D eigenvalue weighted by atomic mass is 19.1. The summed E-state index contributed by atoms with van der Waals surface area (Å²) in [4.78, 5) is 2.15. The van der Waals surface area contributed by atoms with Crippen LogP contribution in [0.5, 0.6) is 11.5 Å². The first-order valence-corrected chi connectivity index (χ1v) is 11.6. The molecule has 1 atom stereocenters. The molecule has 2 aromatic carbocycles. The van der Waals surface area contributed by atoms with Crippen LogP contribution in [0.1, 0.15) is 17.5 Å². The van der Waals surface area contributed by atoms with E-state index in [-0.39, 0.29) is 19.0 Å². The molecule has 182 valence electrons. The summed E-state index contributed by atoms with van der Waals surface area (Å²) in [6.45, 7) is 6.00. The topological polar surface area (TPSA) is 69.0 Å². The Morgan fingerprint density at radius 2 is 2.00 bits per heavy atom. The second-order valence-corrected chi connectivity index (χ2v) is 8.86. The third-order valence-electron chi connectivity index (χ3n) is 5.63. The van der Waals surface area contributed by atoms with E-state index < -0.39 is 5.60 Å². The van der Waals surface area contributed by atoms with Crippen molar-refractivity contribution < 1.29 is 23.7 Å². The second kappa shape index (κ2) is 11.5. The summed E-state index contributed by atoms with van der Waals surface area (Å²) < 4.78 is 32.3. The number of aliphatic hydroxyl groups is 1. The number of aryl methyl sites for hydroxylation is 2. The molecule has 4 rings (SSSR count). The third-order valence-corrected chi connectivity index (χ3v) is 5.63. The van der Waals surface area contributed by atoms with Crippen LogP contribution in [-0.2, 0) is 17.8 Å². The molecular weight excluding hydrogens is 437 g/mol. The summed E-state index contributed by atoms with van der Waals surface area (Å²) in [7, 11) is 0. The van der Waals surface area contributed by atoms with Crippen molar-refractivity contribution in [2.24, 2.45) is 0 Å². The Bertz CT molecular complexity index is 1040. The maximum absolute atomic E-state index is 13.1. The highest BCUT2D eigenvalue weighted by Crippen LogP contribution is 2.20. The van der Waals surface area contributed by atoms with Crippen molar-refractivity contribution in [1.29, 1.82) is 0 Å². The monoisotopic (exact) mass is 469 g/mol. The molecule has 0 amide bonds. The maximum atomic E-state index is 13.1. The number of β-amino-alcohol motifs (C(OH)–C–C–N with tert-alkyl or cyclic N) is 1. The molecule has 1 fully saturated rings. The van der Waals surface area contributed by atoms with Crippen molar-refractivity contribution in [3.63, 3.8) is 0 Å². The van der Waals surface area contributed by atoms with Crippen molar-refractivity contribution in [1.82, 2.24) is 14.7 Å². The number of nitrogens with zero attached hydrogens (tertiary/aromatic N) is 3. The quantitative estimate of drug-likeness (QED) is 0.459. The van der Waals surface area contributed by atoms with Crippen LogP contribution in [0.2, 0.25) is 0 Å². The predicted molar refractivity (Wildman–Crippen MR) is 126 cm³/mol. The molecule has 1 N–H and O–H groups in total. The van der Waals surface area contributed by atoms with Crippen LogP contribution in [0.15, 0.2) is 60.9 Å². The summed E-state index contributed by atoms with van der Waals surface area (Å²) >= 11 is 0. The van der Waals surface area contributed by atoms with Gasteiger partial charge in [-0.3, -0.25) is 9.58 Å². The number of benzene rings is 2. The Morgan fingerprint density at radius 3 is 2.79 bits per heavy atom. The molecule has 3 aromatic rings. The van der Waals surface area contributed by atoms with E-state index in [0.717, 1.165) is 29.8 Å². The fourth-order valence-electron chi connectivity index (χ4n) is 3.97. The molecule has 1 aliphatic rings. The highest BCUT2D eigenvalue weighted by molar-refractivity contribution is 5.28. The van der Waals surface area contributed by atoms with Gasteiger partial charge in [-0.25, -0.2) is 4.39 Å². The molecule has 1 aromatic heterocycles. The normalized spacial score (nSPS) is 19.0. The highest BCUT2D eigenvalue weighted by Gasteiger charge is 2.33. The van der Waals surface area contributed by atoms with Crippen molar-refractivity contribution >= 4 is 0 Å². The molecule has 0 spiro atoms. The van der Waals surface area contributed by atoms with Crippen LogP contribution in [0.25, 0.3) is 0 Å². The van der Waals surface area contributed by atoms with Gasteiger partial charge in [-0.2, -0.15) is 5.10 Å².